The van der Waals surface area contributed by atoms with Crippen molar-refractivity contribution in [3.05, 3.63) is 58.4 Å². The zero-order valence-electron chi connectivity index (χ0n) is 10.1. The largest absolute Gasteiger partial charge is 0.488 e. The van der Waals surface area contributed by atoms with Gasteiger partial charge in [0, 0.05) is 16.8 Å². The third kappa shape index (κ3) is 3.16. The molecule has 0 radical (unpaired) electrons. The molecule has 2 aromatic carbocycles. The summed E-state index contributed by atoms with van der Waals surface area (Å²) in [4.78, 5) is 0. The van der Waals surface area contributed by atoms with Crippen molar-refractivity contribution >= 4 is 17.3 Å². The van der Waals surface area contributed by atoms with Gasteiger partial charge in [0.1, 0.15) is 18.2 Å². The molecule has 0 heterocycles. The number of halogens is 2. The van der Waals surface area contributed by atoms with E-state index in [1.165, 1.54) is 12.1 Å². The molecular formula is C14H13ClFNO2. The first-order valence-electron chi connectivity index (χ1n) is 5.66. The molecule has 0 aliphatic rings. The fourth-order valence-electron chi connectivity index (χ4n) is 1.68. The molecule has 2 aromatic rings. The lowest BCUT2D eigenvalue weighted by Gasteiger charge is -2.12. The topological polar surface area (TPSA) is 55.5 Å². The van der Waals surface area contributed by atoms with Crippen LogP contribution in [0.5, 0.6) is 5.75 Å². The van der Waals surface area contributed by atoms with E-state index in [1.807, 2.05) is 0 Å². The maximum absolute atomic E-state index is 13.6. The van der Waals surface area contributed by atoms with Crippen molar-refractivity contribution in [2.24, 2.45) is 0 Å². The van der Waals surface area contributed by atoms with Gasteiger partial charge in [-0.2, -0.15) is 0 Å². The maximum Gasteiger partial charge on any atom is 0.131 e. The summed E-state index contributed by atoms with van der Waals surface area (Å²) in [5, 5.41) is 9.52. The highest BCUT2D eigenvalue weighted by atomic mass is 35.5. The van der Waals surface area contributed by atoms with Crippen LogP contribution in [0.25, 0.3) is 0 Å². The predicted molar refractivity (Wildman–Crippen MR) is 72.5 cm³/mol. The second kappa shape index (κ2) is 5.91. The van der Waals surface area contributed by atoms with Gasteiger partial charge in [0.2, 0.25) is 0 Å². The second-order valence-corrected chi connectivity index (χ2v) is 4.42. The van der Waals surface area contributed by atoms with Gasteiger partial charge in [-0.05, 0) is 30.3 Å². The van der Waals surface area contributed by atoms with Gasteiger partial charge in [0.25, 0.3) is 0 Å². The molecule has 0 saturated heterocycles. The standard InChI is InChI=1S/C14H13ClFNO2/c15-12-2-1-3-13(16)11(12)8-19-14-5-4-10(17)6-9(14)7-18/h1-6,18H,7-8,17H2. The lowest BCUT2D eigenvalue weighted by atomic mass is 10.2. The molecule has 5 heteroatoms. The molecule has 0 amide bonds. The lowest BCUT2D eigenvalue weighted by molar-refractivity contribution is 0.257. The summed E-state index contributed by atoms with van der Waals surface area (Å²) in [5.41, 5.74) is 6.97. The molecule has 0 saturated carbocycles. The van der Waals surface area contributed by atoms with Gasteiger partial charge in [-0.1, -0.05) is 17.7 Å². The molecule has 0 aromatic heterocycles. The highest BCUT2D eigenvalue weighted by Gasteiger charge is 2.09. The number of nitrogens with two attached hydrogens (primary N) is 1. The van der Waals surface area contributed by atoms with Crippen LogP contribution < -0.4 is 10.5 Å². The zero-order chi connectivity index (χ0) is 13.8. The molecule has 0 aliphatic heterocycles. The average molecular weight is 282 g/mol. The molecule has 100 valence electrons. The molecular weight excluding hydrogens is 269 g/mol. The Balaban J connectivity index is 2.19. The van der Waals surface area contributed by atoms with Crippen LogP contribution >= 0.6 is 11.6 Å². The molecule has 0 fully saturated rings. The van der Waals surface area contributed by atoms with Crippen LogP contribution in [0.2, 0.25) is 5.02 Å². The number of ether oxygens (including phenoxy) is 1. The van der Waals surface area contributed by atoms with Crippen molar-refractivity contribution < 1.29 is 14.2 Å². The summed E-state index contributed by atoms with van der Waals surface area (Å²) in [6.07, 6.45) is 0. The van der Waals surface area contributed by atoms with E-state index in [2.05, 4.69) is 0 Å². The Morgan fingerprint density at radius 1 is 1.26 bits per heavy atom. The Bertz CT molecular complexity index is 569. The summed E-state index contributed by atoms with van der Waals surface area (Å²) in [6, 6.07) is 9.34. The fraction of sp³-hybridized carbons (Fsp3) is 0.143. The van der Waals surface area contributed by atoms with E-state index >= 15 is 0 Å². The summed E-state index contributed by atoms with van der Waals surface area (Å²) < 4.78 is 19.1. The summed E-state index contributed by atoms with van der Waals surface area (Å²) in [5.74, 6) is 0.0320. The van der Waals surface area contributed by atoms with E-state index in [0.717, 1.165) is 0 Å². The molecule has 0 bridgehead atoms. The highest BCUT2D eigenvalue weighted by molar-refractivity contribution is 6.31. The predicted octanol–water partition coefficient (Wildman–Crippen LogP) is 3.13. The van der Waals surface area contributed by atoms with E-state index in [-0.39, 0.29) is 18.8 Å². The van der Waals surface area contributed by atoms with Gasteiger partial charge in [-0.25, -0.2) is 4.39 Å². The van der Waals surface area contributed by atoms with Crippen LogP contribution in [0.1, 0.15) is 11.1 Å². The van der Waals surface area contributed by atoms with Crippen LogP contribution in [0.3, 0.4) is 0 Å². The minimum Gasteiger partial charge on any atom is -0.488 e. The number of rotatable bonds is 4. The molecule has 0 unspecified atom stereocenters. The molecule has 3 nitrogen and oxygen atoms in total. The van der Waals surface area contributed by atoms with E-state index < -0.39 is 5.82 Å². The van der Waals surface area contributed by atoms with E-state index in [4.69, 9.17) is 22.1 Å². The minimum atomic E-state index is -0.423. The van der Waals surface area contributed by atoms with Crippen LogP contribution in [0.4, 0.5) is 10.1 Å². The maximum atomic E-state index is 13.6. The summed E-state index contributed by atoms with van der Waals surface area (Å²) in [7, 11) is 0. The SMILES string of the molecule is Nc1ccc(OCc2c(F)cccc2Cl)c(CO)c1. The molecule has 19 heavy (non-hydrogen) atoms. The summed E-state index contributed by atoms with van der Waals surface area (Å²) >= 11 is 5.91. The second-order valence-electron chi connectivity index (χ2n) is 4.01. The number of aliphatic hydroxyl groups excluding tert-OH is 1. The molecule has 0 spiro atoms. The van der Waals surface area contributed by atoms with E-state index in [9.17, 15) is 9.50 Å². The first-order chi connectivity index (χ1) is 9.11. The monoisotopic (exact) mass is 281 g/mol. The van der Waals surface area contributed by atoms with Gasteiger partial charge < -0.3 is 15.6 Å². The molecule has 0 aliphatic carbocycles. The zero-order valence-corrected chi connectivity index (χ0v) is 10.8. The average Bonchev–Trinajstić information content (AvgIpc) is 2.39. The highest BCUT2D eigenvalue weighted by Crippen LogP contribution is 2.25. The van der Waals surface area contributed by atoms with E-state index in [1.54, 1.807) is 24.3 Å². The van der Waals surface area contributed by atoms with Gasteiger partial charge in [-0.3, -0.25) is 0 Å². The Kier molecular flexibility index (Phi) is 4.24. The normalized spacial score (nSPS) is 10.5. The van der Waals surface area contributed by atoms with Gasteiger partial charge in [0.05, 0.1) is 11.6 Å². The van der Waals surface area contributed by atoms with Gasteiger partial charge in [0.15, 0.2) is 0 Å². The fourth-order valence-corrected chi connectivity index (χ4v) is 1.90. The van der Waals surface area contributed by atoms with Crippen LogP contribution in [-0.4, -0.2) is 5.11 Å². The Labute approximate surface area is 115 Å². The van der Waals surface area contributed by atoms with Crippen molar-refractivity contribution in [2.45, 2.75) is 13.2 Å². The Morgan fingerprint density at radius 3 is 2.74 bits per heavy atom. The van der Waals surface area contributed by atoms with Crippen molar-refractivity contribution in [1.82, 2.24) is 0 Å². The van der Waals surface area contributed by atoms with E-state index in [0.29, 0.717) is 22.0 Å². The number of nitrogen functional groups attached to an aromatic ring is 1. The minimum absolute atomic E-state index is 0.0115. The first kappa shape index (κ1) is 13.6. The van der Waals surface area contributed by atoms with Gasteiger partial charge in [-0.15, -0.1) is 0 Å². The van der Waals surface area contributed by atoms with Crippen molar-refractivity contribution in [3.63, 3.8) is 0 Å². The lowest BCUT2D eigenvalue weighted by Crippen LogP contribution is -2.02. The van der Waals surface area contributed by atoms with Crippen LogP contribution in [-0.2, 0) is 13.2 Å². The van der Waals surface area contributed by atoms with Crippen molar-refractivity contribution in [3.8, 4) is 5.75 Å². The molecule has 0 atom stereocenters. The quantitative estimate of drug-likeness (QED) is 0.847. The van der Waals surface area contributed by atoms with Crippen molar-refractivity contribution in [2.75, 3.05) is 5.73 Å². The third-order valence-electron chi connectivity index (χ3n) is 2.69. The third-order valence-corrected chi connectivity index (χ3v) is 3.04. The molecule has 3 N–H and O–H groups in total. The Hall–Kier alpha value is -1.78. The number of benzene rings is 2. The van der Waals surface area contributed by atoms with Gasteiger partial charge >= 0.3 is 0 Å². The smallest absolute Gasteiger partial charge is 0.131 e. The van der Waals surface area contributed by atoms with Crippen LogP contribution in [0, 0.1) is 5.82 Å². The number of hydrogen-bond donors (Lipinski definition) is 2. The first-order valence-corrected chi connectivity index (χ1v) is 6.04. The molecule has 2 rings (SSSR count). The van der Waals surface area contributed by atoms with Crippen LogP contribution in [0.15, 0.2) is 36.4 Å². The van der Waals surface area contributed by atoms with Crippen molar-refractivity contribution in [1.29, 1.82) is 0 Å². The number of anilines is 1. The number of hydrogen-bond acceptors (Lipinski definition) is 3. The number of aliphatic hydroxyl groups is 1. The summed E-state index contributed by atoms with van der Waals surface area (Å²) in [6.45, 7) is -0.214. The Morgan fingerprint density at radius 2 is 2.05 bits per heavy atom.